The minimum absolute atomic E-state index is 0.0364. The number of carbonyl (C=O) groups excluding carboxylic acids is 1. The van der Waals surface area contributed by atoms with Gasteiger partial charge in [-0.1, -0.05) is 6.07 Å². The normalized spacial score (nSPS) is 18.2. The fraction of sp³-hybridized carbons (Fsp3) is 0.300. The molecule has 1 fully saturated rings. The number of nitrogens with one attached hydrogen (secondary N) is 1. The van der Waals surface area contributed by atoms with E-state index in [1.54, 1.807) is 18.2 Å². The lowest BCUT2D eigenvalue weighted by molar-refractivity contribution is -0.123. The van der Waals surface area contributed by atoms with Crippen molar-refractivity contribution in [3.05, 3.63) is 46.1 Å². The number of rotatable bonds is 4. The highest BCUT2D eigenvalue weighted by Gasteiger charge is 2.29. The predicted octanol–water partition coefficient (Wildman–Crippen LogP) is 1.64. The number of carbonyl (C=O) groups is 1. The highest BCUT2D eigenvalue weighted by atomic mass is 32.2. The fourth-order valence-corrected chi connectivity index (χ4v) is 5.12. The molecule has 1 atom stereocenters. The van der Waals surface area contributed by atoms with Gasteiger partial charge in [0.2, 0.25) is 5.43 Å². The SMILES string of the molecule is Cc1ccc2c(=O)c3c(O)cc(OCC(=O)NC4CCS(=O)(=O)C4)cc3oc2c1. The molecular weight excluding hydrogens is 398 g/mol. The molecular formula is C20H19NO7S. The first-order chi connectivity index (χ1) is 13.7. The van der Waals surface area contributed by atoms with Crippen molar-refractivity contribution in [1.29, 1.82) is 0 Å². The first-order valence-corrected chi connectivity index (χ1v) is 10.9. The number of amides is 1. The molecule has 0 aliphatic carbocycles. The van der Waals surface area contributed by atoms with Gasteiger partial charge in [-0.2, -0.15) is 0 Å². The number of aryl methyl sites for hydroxylation is 1. The van der Waals surface area contributed by atoms with Crippen molar-refractivity contribution in [2.75, 3.05) is 18.1 Å². The summed E-state index contributed by atoms with van der Waals surface area (Å²) >= 11 is 0. The minimum atomic E-state index is -3.09. The Balaban J connectivity index is 1.56. The summed E-state index contributed by atoms with van der Waals surface area (Å²) in [4.78, 5) is 24.7. The van der Waals surface area contributed by atoms with Crippen LogP contribution in [0, 0.1) is 6.92 Å². The van der Waals surface area contributed by atoms with Crippen LogP contribution in [0.4, 0.5) is 0 Å². The summed E-state index contributed by atoms with van der Waals surface area (Å²) < 4.78 is 34.1. The molecule has 1 amide bonds. The third kappa shape index (κ3) is 3.91. The highest BCUT2D eigenvalue weighted by molar-refractivity contribution is 7.91. The molecule has 1 aromatic heterocycles. The predicted molar refractivity (Wildman–Crippen MR) is 107 cm³/mol. The number of phenolic OH excluding ortho intramolecular Hbond substituents is 1. The molecule has 4 rings (SSSR count). The van der Waals surface area contributed by atoms with E-state index < -0.39 is 21.8 Å². The molecule has 3 aromatic rings. The van der Waals surface area contributed by atoms with Crippen LogP contribution in [0.3, 0.4) is 0 Å². The Kier molecular flexibility index (Phi) is 4.70. The van der Waals surface area contributed by atoms with Gasteiger partial charge in [0, 0.05) is 18.2 Å². The van der Waals surface area contributed by atoms with Crippen LogP contribution in [0.15, 0.2) is 39.5 Å². The molecule has 1 saturated heterocycles. The van der Waals surface area contributed by atoms with Crippen LogP contribution < -0.4 is 15.5 Å². The molecule has 29 heavy (non-hydrogen) atoms. The summed E-state index contributed by atoms with van der Waals surface area (Å²) in [6.07, 6.45) is 0.377. The summed E-state index contributed by atoms with van der Waals surface area (Å²) in [6, 6.07) is 7.41. The molecule has 2 N–H and O–H groups in total. The molecule has 2 aromatic carbocycles. The molecule has 152 valence electrons. The Morgan fingerprint density at radius 3 is 2.79 bits per heavy atom. The van der Waals surface area contributed by atoms with E-state index in [0.29, 0.717) is 17.4 Å². The summed E-state index contributed by atoms with van der Waals surface area (Å²) in [5, 5.41) is 13.3. The Labute approximate surface area is 166 Å². The number of benzene rings is 2. The van der Waals surface area contributed by atoms with E-state index in [0.717, 1.165) is 5.56 Å². The average Bonchev–Trinajstić information content (AvgIpc) is 2.97. The number of sulfone groups is 1. The number of aromatic hydroxyl groups is 1. The van der Waals surface area contributed by atoms with Gasteiger partial charge in [0.05, 0.1) is 16.9 Å². The fourth-order valence-electron chi connectivity index (χ4n) is 3.45. The average molecular weight is 417 g/mol. The van der Waals surface area contributed by atoms with E-state index in [2.05, 4.69) is 5.32 Å². The first-order valence-electron chi connectivity index (χ1n) is 9.05. The van der Waals surface area contributed by atoms with Crippen molar-refractivity contribution >= 4 is 37.7 Å². The number of phenols is 1. The lowest BCUT2D eigenvalue weighted by Crippen LogP contribution is -2.38. The van der Waals surface area contributed by atoms with Crippen molar-refractivity contribution in [3.63, 3.8) is 0 Å². The first kappa shape index (κ1) is 19.3. The van der Waals surface area contributed by atoms with Crippen LogP contribution >= 0.6 is 0 Å². The van der Waals surface area contributed by atoms with Crippen molar-refractivity contribution < 1.29 is 27.5 Å². The van der Waals surface area contributed by atoms with Crippen LogP contribution in [0.2, 0.25) is 0 Å². The summed E-state index contributed by atoms with van der Waals surface area (Å²) in [5.74, 6) is -0.644. The van der Waals surface area contributed by atoms with Crippen molar-refractivity contribution in [2.45, 2.75) is 19.4 Å². The van der Waals surface area contributed by atoms with Crippen LogP contribution in [-0.4, -0.2) is 43.6 Å². The zero-order valence-electron chi connectivity index (χ0n) is 15.6. The zero-order chi connectivity index (χ0) is 20.8. The second-order valence-electron chi connectivity index (χ2n) is 7.20. The van der Waals surface area contributed by atoms with E-state index in [9.17, 15) is 23.1 Å². The molecule has 9 heteroatoms. The Bertz CT molecular complexity index is 1290. The van der Waals surface area contributed by atoms with Crippen molar-refractivity contribution in [3.8, 4) is 11.5 Å². The lowest BCUT2D eigenvalue weighted by atomic mass is 10.1. The third-order valence-corrected chi connectivity index (χ3v) is 6.62. The maximum Gasteiger partial charge on any atom is 0.258 e. The van der Waals surface area contributed by atoms with E-state index in [1.807, 2.05) is 6.92 Å². The van der Waals surface area contributed by atoms with Crippen LogP contribution in [-0.2, 0) is 14.6 Å². The van der Waals surface area contributed by atoms with Gasteiger partial charge in [0.1, 0.15) is 28.1 Å². The molecule has 8 nitrogen and oxygen atoms in total. The van der Waals surface area contributed by atoms with E-state index >= 15 is 0 Å². The maximum absolute atomic E-state index is 12.7. The number of fused-ring (bicyclic) bond motifs is 2. The van der Waals surface area contributed by atoms with E-state index in [-0.39, 0.29) is 46.0 Å². The topological polar surface area (TPSA) is 123 Å². The monoisotopic (exact) mass is 417 g/mol. The number of ether oxygens (including phenoxy) is 1. The maximum atomic E-state index is 12.7. The molecule has 2 heterocycles. The Hall–Kier alpha value is -3.07. The minimum Gasteiger partial charge on any atom is -0.507 e. The summed E-state index contributed by atoms with van der Waals surface area (Å²) in [5.41, 5.74) is 1.09. The highest BCUT2D eigenvalue weighted by Crippen LogP contribution is 2.30. The van der Waals surface area contributed by atoms with Gasteiger partial charge in [-0.3, -0.25) is 9.59 Å². The second-order valence-corrected chi connectivity index (χ2v) is 9.43. The molecule has 0 radical (unpaired) electrons. The molecule has 1 unspecified atom stereocenters. The van der Waals surface area contributed by atoms with Crippen LogP contribution in [0.5, 0.6) is 11.5 Å². The summed E-state index contributed by atoms with van der Waals surface area (Å²) in [7, 11) is -3.09. The Morgan fingerprint density at radius 2 is 2.07 bits per heavy atom. The van der Waals surface area contributed by atoms with Gasteiger partial charge < -0.3 is 19.6 Å². The lowest BCUT2D eigenvalue weighted by Gasteiger charge is -2.12. The second kappa shape index (κ2) is 7.07. The van der Waals surface area contributed by atoms with Gasteiger partial charge in [-0.15, -0.1) is 0 Å². The molecule has 1 aliphatic rings. The van der Waals surface area contributed by atoms with E-state index in [4.69, 9.17) is 9.15 Å². The van der Waals surface area contributed by atoms with Gasteiger partial charge >= 0.3 is 0 Å². The van der Waals surface area contributed by atoms with Crippen LogP contribution in [0.1, 0.15) is 12.0 Å². The standard InChI is InChI=1S/C20H19NO7S/c1-11-2-3-14-16(6-11)28-17-8-13(7-15(22)19(17)20(14)24)27-9-18(23)21-12-4-5-29(25,26)10-12/h2-3,6-8,12,22H,4-5,9-10H2,1H3,(H,21,23). The van der Waals surface area contributed by atoms with Crippen molar-refractivity contribution in [1.82, 2.24) is 5.32 Å². The van der Waals surface area contributed by atoms with Crippen LogP contribution in [0.25, 0.3) is 21.9 Å². The Morgan fingerprint density at radius 1 is 1.28 bits per heavy atom. The quantitative estimate of drug-likeness (QED) is 0.619. The number of hydrogen-bond acceptors (Lipinski definition) is 7. The molecule has 0 saturated carbocycles. The number of hydrogen-bond donors (Lipinski definition) is 2. The smallest absolute Gasteiger partial charge is 0.258 e. The van der Waals surface area contributed by atoms with Gasteiger partial charge in [-0.25, -0.2) is 8.42 Å². The molecule has 0 spiro atoms. The van der Waals surface area contributed by atoms with Crippen molar-refractivity contribution in [2.24, 2.45) is 0 Å². The summed E-state index contributed by atoms with van der Waals surface area (Å²) in [6.45, 7) is 1.51. The van der Waals surface area contributed by atoms with E-state index in [1.165, 1.54) is 12.1 Å². The third-order valence-electron chi connectivity index (χ3n) is 4.85. The van der Waals surface area contributed by atoms with Gasteiger partial charge in [-0.05, 0) is 31.0 Å². The largest absolute Gasteiger partial charge is 0.507 e. The van der Waals surface area contributed by atoms with Gasteiger partial charge in [0.25, 0.3) is 5.91 Å². The zero-order valence-corrected chi connectivity index (χ0v) is 16.4. The van der Waals surface area contributed by atoms with Gasteiger partial charge in [0.15, 0.2) is 16.4 Å². The molecule has 1 aliphatic heterocycles. The molecule has 0 bridgehead atoms.